The fourth-order valence-electron chi connectivity index (χ4n) is 1.61. The molecule has 0 unspecified atom stereocenters. The van der Waals surface area contributed by atoms with Crippen LogP contribution in [0.15, 0.2) is 17.7 Å². The Bertz CT molecular complexity index is 577. The Balaban J connectivity index is 3.47. The lowest BCUT2D eigenvalue weighted by atomic mass is 9.97. The van der Waals surface area contributed by atoms with Gasteiger partial charge in [-0.3, -0.25) is 4.79 Å². The summed E-state index contributed by atoms with van der Waals surface area (Å²) >= 11 is 0. The Hall–Kier alpha value is -2.11. The number of ketones is 1. The molecule has 0 aliphatic carbocycles. The van der Waals surface area contributed by atoms with Gasteiger partial charge in [0.25, 0.3) is 0 Å². The fourth-order valence-corrected chi connectivity index (χ4v) is 1.61. The number of Topliss-reactive ketones (excluding diaryl/α,β-unsaturated/α-hetero) is 1. The molecule has 0 bridgehead atoms. The van der Waals surface area contributed by atoms with Gasteiger partial charge < -0.3 is 5.11 Å². The molecule has 0 saturated heterocycles. The van der Waals surface area contributed by atoms with Crippen LogP contribution < -0.4 is 0 Å². The van der Waals surface area contributed by atoms with Crippen molar-refractivity contribution in [2.24, 2.45) is 0 Å². The number of hydrogen-bond acceptors (Lipinski definition) is 2. The summed E-state index contributed by atoms with van der Waals surface area (Å²) in [6, 6.07) is 0.223. The minimum atomic E-state index is -1.55. The van der Waals surface area contributed by atoms with Crippen LogP contribution in [0.1, 0.15) is 29.3 Å². The van der Waals surface area contributed by atoms with Gasteiger partial charge in [0.1, 0.15) is 11.4 Å². The highest BCUT2D eigenvalue weighted by molar-refractivity contribution is 6.24. The smallest absolute Gasteiger partial charge is 0.339 e. The lowest BCUT2D eigenvalue weighted by molar-refractivity contribution is -0.132. The molecule has 0 saturated carbocycles. The summed E-state index contributed by atoms with van der Waals surface area (Å²) in [5.41, 5.74) is -1.98. The third-order valence-corrected chi connectivity index (χ3v) is 2.52. The van der Waals surface area contributed by atoms with Crippen LogP contribution >= 0.6 is 0 Å². The van der Waals surface area contributed by atoms with E-state index in [9.17, 15) is 22.8 Å². The van der Waals surface area contributed by atoms with Crippen LogP contribution in [0.5, 0.6) is 0 Å². The average Bonchev–Trinajstić information content (AvgIpc) is 2.32. The minimum absolute atomic E-state index is 0.223. The van der Waals surface area contributed by atoms with E-state index in [-0.39, 0.29) is 12.5 Å². The van der Waals surface area contributed by atoms with Gasteiger partial charge in [-0.05, 0) is 13.3 Å². The molecule has 0 aliphatic rings. The molecule has 0 heterocycles. The molecule has 3 nitrogen and oxygen atoms in total. The van der Waals surface area contributed by atoms with Gasteiger partial charge in [-0.2, -0.15) is 0 Å². The highest BCUT2D eigenvalue weighted by Crippen LogP contribution is 2.22. The number of halogens is 3. The SMILES string of the molecule is CCC=C(C(=O)O)C(=O)c1c(F)cc(F)c(F)c1C. The number of rotatable bonds is 4. The van der Waals surface area contributed by atoms with Crippen molar-refractivity contribution in [1.82, 2.24) is 0 Å². The number of carboxylic acid groups (broad SMARTS) is 1. The summed E-state index contributed by atoms with van der Waals surface area (Å²) in [6.45, 7) is 2.60. The molecule has 0 radical (unpaired) electrons. The van der Waals surface area contributed by atoms with Crippen molar-refractivity contribution < 1.29 is 27.9 Å². The first-order valence-corrected chi connectivity index (χ1v) is 5.43. The molecule has 102 valence electrons. The lowest BCUT2D eigenvalue weighted by Gasteiger charge is -2.08. The normalized spacial score (nSPS) is 11.5. The second kappa shape index (κ2) is 5.69. The van der Waals surface area contributed by atoms with E-state index in [0.717, 1.165) is 13.0 Å². The largest absolute Gasteiger partial charge is 0.478 e. The van der Waals surface area contributed by atoms with E-state index in [4.69, 9.17) is 5.11 Å². The number of hydrogen-bond donors (Lipinski definition) is 1. The third kappa shape index (κ3) is 2.83. The van der Waals surface area contributed by atoms with Crippen molar-refractivity contribution >= 4 is 11.8 Å². The van der Waals surface area contributed by atoms with E-state index in [1.54, 1.807) is 6.92 Å². The topological polar surface area (TPSA) is 54.4 Å². The molecule has 0 fully saturated rings. The first-order valence-electron chi connectivity index (χ1n) is 5.43. The molecule has 1 aromatic rings. The van der Waals surface area contributed by atoms with Crippen molar-refractivity contribution in [3.63, 3.8) is 0 Å². The van der Waals surface area contributed by atoms with E-state index in [1.165, 1.54) is 0 Å². The second-order valence-corrected chi connectivity index (χ2v) is 3.81. The highest BCUT2D eigenvalue weighted by atomic mass is 19.2. The molecule has 0 atom stereocenters. The predicted octanol–water partition coefficient (Wildman–Crippen LogP) is 3.02. The number of aliphatic carboxylic acids is 1. The predicted molar refractivity (Wildman–Crippen MR) is 61.4 cm³/mol. The molecule has 0 aliphatic heterocycles. The van der Waals surface area contributed by atoms with Crippen LogP contribution in [0, 0.1) is 24.4 Å². The standard InChI is InChI=1S/C13H11F3O3/c1-3-4-7(13(18)19)12(17)10-6(2)11(16)9(15)5-8(10)14/h4-5H,3H2,1-2H3,(H,18,19). The van der Waals surface area contributed by atoms with Crippen LogP contribution in [-0.2, 0) is 4.79 Å². The molecule has 6 heteroatoms. The first-order chi connectivity index (χ1) is 8.81. The molecular weight excluding hydrogens is 261 g/mol. The summed E-state index contributed by atoms with van der Waals surface area (Å²) < 4.78 is 39.8. The van der Waals surface area contributed by atoms with Crippen LogP contribution in [-0.4, -0.2) is 16.9 Å². The zero-order valence-electron chi connectivity index (χ0n) is 10.3. The maximum absolute atomic E-state index is 13.6. The summed E-state index contributed by atoms with van der Waals surface area (Å²) in [5, 5.41) is 8.86. The zero-order valence-corrected chi connectivity index (χ0v) is 10.3. The minimum Gasteiger partial charge on any atom is -0.478 e. The van der Waals surface area contributed by atoms with Gasteiger partial charge in [-0.15, -0.1) is 0 Å². The summed E-state index contributed by atoms with van der Waals surface area (Å²) in [4.78, 5) is 22.8. The van der Waals surface area contributed by atoms with Gasteiger partial charge in [0.15, 0.2) is 11.6 Å². The van der Waals surface area contributed by atoms with Gasteiger partial charge in [0.05, 0.1) is 5.56 Å². The summed E-state index contributed by atoms with van der Waals surface area (Å²) in [5.74, 6) is -6.81. The van der Waals surface area contributed by atoms with E-state index in [0.29, 0.717) is 0 Å². The number of allylic oxidation sites excluding steroid dienone is 1. The Labute approximate surface area is 107 Å². The Morgan fingerprint density at radius 2 is 1.84 bits per heavy atom. The number of benzene rings is 1. The Morgan fingerprint density at radius 1 is 1.26 bits per heavy atom. The molecule has 1 N–H and O–H groups in total. The van der Waals surface area contributed by atoms with Crippen LogP contribution in [0.4, 0.5) is 13.2 Å². The van der Waals surface area contributed by atoms with Crippen LogP contribution in [0.2, 0.25) is 0 Å². The quantitative estimate of drug-likeness (QED) is 0.301. The van der Waals surface area contributed by atoms with Crippen LogP contribution in [0.25, 0.3) is 0 Å². The van der Waals surface area contributed by atoms with E-state index >= 15 is 0 Å². The van der Waals surface area contributed by atoms with Crippen molar-refractivity contribution in [3.05, 3.63) is 46.3 Å². The van der Waals surface area contributed by atoms with Gasteiger partial charge in [0.2, 0.25) is 5.78 Å². The summed E-state index contributed by atoms with van der Waals surface area (Å²) in [7, 11) is 0. The number of carbonyl (C=O) groups excluding carboxylic acids is 1. The van der Waals surface area contributed by atoms with Gasteiger partial charge in [0, 0.05) is 11.6 Å². The van der Waals surface area contributed by atoms with Crippen molar-refractivity contribution in [2.45, 2.75) is 20.3 Å². The maximum atomic E-state index is 13.6. The maximum Gasteiger partial charge on any atom is 0.339 e. The van der Waals surface area contributed by atoms with E-state index < -0.39 is 45.9 Å². The van der Waals surface area contributed by atoms with Crippen molar-refractivity contribution in [3.8, 4) is 0 Å². The molecular formula is C13H11F3O3. The van der Waals surface area contributed by atoms with Gasteiger partial charge in [-0.25, -0.2) is 18.0 Å². The first kappa shape index (κ1) is 14.9. The average molecular weight is 272 g/mol. The second-order valence-electron chi connectivity index (χ2n) is 3.81. The molecule has 0 amide bonds. The molecule has 19 heavy (non-hydrogen) atoms. The fraction of sp³-hybridized carbons (Fsp3) is 0.231. The van der Waals surface area contributed by atoms with Crippen LogP contribution in [0.3, 0.4) is 0 Å². The Morgan fingerprint density at radius 3 is 2.32 bits per heavy atom. The number of carboxylic acids is 1. The van der Waals surface area contributed by atoms with Gasteiger partial charge >= 0.3 is 5.97 Å². The molecule has 1 rings (SSSR count). The molecule has 0 aromatic heterocycles. The number of carbonyl (C=O) groups is 2. The van der Waals surface area contributed by atoms with E-state index in [1.807, 2.05) is 0 Å². The zero-order chi connectivity index (χ0) is 14.7. The van der Waals surface area contributed by atoms with Crippen molar-refractivity contribution in [2.75, 3.05) is 0 Å². The highest BCUT2D eigenvalue weighted by Gasteiger charge is 2.26. The summed E-state index contributed by atoms with van der Waals surface area (Å²) in [6.07, 6.45) is 1.32. The lowest BCUT2D eigenvalue weighted by Crippen LogP contribution is -2.16. The van der Waals surface area contributed by atoms with Crippen molar-refractivity contribution in [1.29, 1.82) is 0 Å². The Kier molecular flexibility index (Phi) is 4.47. The third-order valence-electron chi connectivity index (χ3n) is 2.52. The van der Waals surface area contributed by atoms with E-state index in [2.05, 4.69) is 0 Å². The molecule has 0 spiro atoms. The monoisotopic (exact) mass is 272 g/mol. The molecule has 1 aromatic carbocycles. The van der Waals surface area contributed by atoms with Gasteiger partial charge in [-0.1, -0.05) is 13.0 Å².